The third-order valence-electron chi connectivity index (χ3n) is 2.62. The van der Waals surface area contributed by atoms with Gasteiger partial charge in [-0.3, -0.25) is 4.79 Å². The van der Waals surface area contributed by atoms with Crippen LogP contribution in [0.5, 0.6) is 0 Å². The number of esters is 1. The fourth-order valence-electron chi connectivity index (χ4n) is 1.49. The first kappa shape index (κ1) is 13.8. The van der Waals surface area contributed by atoms with E-state index < -0.39 is 18.0 Å². The van der Waals surface area contributed by atoms with Crippen molar-refractivity contribution in [2.75, 3.05) is 0 Å². The summed E-state index contributed by atoms with van der Waals surface area (Å²) >= 11 is 0. The van der Waals surface area contributed by atoms with Gasteiger partial charge in [0, 0.05) is 5.56 Å². The molecule has 2 aromatic rings. The number of halogens is 1. The van der Waals surface area contributed by atoms with Gasteiger partial charge in [-0.2, -0.15) is 0 Å². The average Bonchev–Trinajstić information content (AvgIpc) is 2.89. The second-order valence-corrected chi connectivity index (χ2v) is 4.12. The Bertz CT molecular complexity index is 633. The van der Waals surface area contributed by atoms with Crippen molar-refractivity contribution in [1.29, 1.82) is 0 Å². The first-order valence-electron chi connectivity index (χ1n) is 5.83. The van der Waals surface area contributed by atoms with Crippen LogP contribution in [0.2, 0.25) is 0 Å². The zero-order valence-corrected chi connectivity index (χ0v) is 10.6. The molecule has 0 aliphatic heterocycles. The molecule has 1 aromatic heterocycles. The molecular formula is C14H12FNO4. The zero-order valence-electron chi connectivity index (χ0n) is 10.6. The standard InChI is InChI=1S/C14H12FNO4/c1-8(13(16)17)19-14(18)12-7-6-11(20-12)9-2-4-10(15)5-3-9/h2-8H,1H3,(H2,16,17). The van der Waals surface area contributed by atoms with Crippen LogP contribution in [0.25, 0.3) is 11.3 Å². The Morgan fingerprint density at radius 1 is 1.20 bits per heavy atom. The molecule has 0 radical (unpaired) electrons. The Morgan fingerprint density at radius 2 is 1.85 bits per heavy atom. The van der Waals surface area contributed by atoms with E-state index in [2.05, 4.69) is 0 Å². The summed E-state index contributed by atoms with van der Waals surface area (Å²) in [5, 5.41) is 0. The smallest absolute Gasteiger partial charge is 0.375 e. The quantitative estimate of drug-likeness (QED) is 0.868. The summed E-state index contributed by atoms with van der Waals surface area (Å²) in [7, 11) is 0. The highest BCUT2D eigenvalue weighted by Crippen LogP contribution is 2.23. The van der Waals surface area contributed by atoms with E-state index in [1.807, 2.05) is 0 Å². The molecule has 0 aliphatic rings. The van der Waals surface area contributed by atoms with Crippen LogP contribution >= 0.6 is 0 Å². The zero-order chi connectivity index (χ0) is 14.7. The molecule has 1 aromatic carbocycles. The number of hydrogen-bond acceptors (Lipinski definition) is 4. The molecule has 2 rings (SSSR count). The number of amides is 1. The average molecular weight is 277 g/mol. The number of primary amides is 1. The van der Waals surface area contributed by atoms with Gasteiger partial charge in [0.2, 0.25) is 5.76 Å². The minimum Gasteiger partial charge on any atom is -0.449 e. The molecule has 1 unspecified atom stereocenters. The van der Waals surface area contributed by atoms with Crippen molar-refractivity contribution in [1.82, 2.24) is 0 Å². The minimum atomic E-state index is -1.04. The van der Waals surface area contributed by atoms with E-state index in [9.17, 15) is 14.0 Å². The Hall–Kier alpha value is -2.63. The van der Waals surface area contributed by atoms with Crippen LogP contribution in [0, 0.1) is 5.82 Å². The maximum atomic E-state index is 12.8. The molecule has 0 bridgehead atoms. The molecule has 0 saturated heterocycles. The van der Waals surface area contributed by atoms with Crippen LogP contribution < -0.4 is 5.73 Å². The molecule has 0 fully saturated rings. The summed E-state index contributed by atoms with van der Waals surface area (Å²) in [6.07, 6.45) is -1.04. The third kappa shape index (κ3) is 3.03. The SMILES string of the molecule is CC(OC(=O)c1ccc(-c2ccc(F)cc2)o1)C(N)=O. The van der Waals surface area contributed by atoms with E-state index in [1.54, 1.807) is 6.07 Å². The molecule has 1 heterocycles. The lowest BCUT2D eigenvalue weighted by Gasteiger charge is -2.07. The van der Waals surface area contributed by atoms with Crippen LogP contribution in [0.3, 0.4) is 0 Å². The van der Waals surface area contributed by atoms with Crippen LogP contribution in [0.15, 0.2) is 40.8 Å². The summed E-state index contributed by atoms with van der Waals surface area (Å²) in [5.74, 6) is -1.57. The molecule has 1 atom stereocenters. The van der Waals surface area contributed by atoms with Gasteiger partial charge in [0.1, 0.15) is 11.6 Å². The van der Waals surface area contributed by atoms with Crippen LogP contribution in [-0.4, -0.2) is 18.0 Å². The van der Waals surface area contributed by atoms with Gasteiger partial charge >= 0.3 is 5.97 Å². The molecule has 0 aliphatic carbocycles. The third-order valence-corrected chi connectivity index (χ3v) is 2.62. The van der Waals surface area contributed by atoms with Crippen molar-refractivity contribution in [3.8, 4) is 11.3 Å². The van der Waals surface area contributed by atoms with E-state index in [0.717, 1.165) is 0 Å². The van der Waals surface area contributed by atoms with Gasteiger partial charge in [-0.15, -0.1) is 0 Å². The number of hydrogen-bond donors (Lipinski definition) is 1. The molecule has 20 heavy (non-hydrogen) atoms. The number of ether oxygens (including phenoxy) is 1. The van der Waals surface area contributed by atoms with E-state index in [-0.39, 0.29) is 11.6 Å². The van der Waals surface area contributed by atoms with Crippen molar-refractivity contribution < 1.29 is 23.1 Å². The van der Waals surface area contributed by atoms with Crippen LogP contribution in [0.1, 0.15) is 17.5 Å². The Balaban J connectivity index is 2.14. The molecule has 0 spiro atoms. The van der Waals surface area contributed by atoms with Gasteiger partial charge in [0.15, 0.2) is 6.10 Å². The summed E-state index contributed by atoms with van der Waals surface area (Å²) in [5.41, 5.74) is 5.61. The van der Waals surface area contributed by atoms with Gasteiger partial charge in [0.25, 0.3) is 5.91 Å². The van der Waals surface area contributed by atoms with E-state index >= 15 is 0 Å². The molecule has 2 N–H and O–H groups in total. The van der Waals surface area contributed by atoms with E-state index in [4.69, 9.17) is 14.9 Å². The number of nitrogens with two attached hydrogens (primary N) is 1. The highest BCUT2D eigenvalue weighted by Gasteiger charge is 2.19. The van der Waals surface area contributed by atoms with Gasteiger partial charge in [-0.1, -0.05) is 0 Å². The number of furan rings is 1. The Morgan fingerprint density at radius 3 is 2.45 bits per heavy atom. The normalized spacial score (nSPS) is 11.9. The van der Waals surface area contributed by atoms with Crippen molar-refractivity contribution >= 4 is 11.9 Å². The molecular weight excluding hydrogens is 265 g/mol. The summed E-state index contributed by atoms with van der Waals surface area (Å²) in [6, 6.07) is 8.58. The van der Waals surface area contributed by atoms with E-state index in [1.165, 1.54) is 37.3 Å². The first-order valence-corrected chi connectivity index (χ1v) is 5.83. The lowest BCUT2D eigenvalue weighted by atomic mass is 10.2. The van der Waals surface area contributed by atoms with Gasteiger partial charge in [-0.25, -0.2) is 9.18 Å². The van der Waals surface area contributed by atoms with Gasteiger partial charge in [0.05, 0.1) is 0 Å². The van der Waals surface area contributed by atoms with Gasteiger partial charge < -0.3 is 14.9 Å². The van der Waals surface area contributed by atoms with Crippen LogP contribution in [0.4, 0.5) is 4.39 Å². The second-order valence-electron chi connectivity index (χ2n) is 4.12. The van der Waals surface area contributed by atoms with Crippen molar-refractivity contribution in [3.63, 3.8) is 0 Å². The first-order chi connectivity index (χ1) is 9.47. The second kappa shape index (κ2) is 5.56. The number of benzene rings is 1. The topological polar surface area (TPSA) is 82.5 Å². The van der Waals surface area contributed by atoms with Crippen molar-refractivity contribution in [2.24, 2.45) is 5.73 Å². The molecule has 6 heteroatoms. The summed E-state index contributed by atoms with van der Waals surface area (Å²) in [4.78, 5) is 22.5. The number of rotatable bonds is 4. The highest BCUT2D eigenvalue weighted by molar-refractivity contribution is 5.90. The summed E-state index contributed by atoms with van der Waals surface area (Å²) < 4.78 is 22.9. The molecule has 5 nitrogen and oxygen atoms in total. The Kier molecular flexibility index (Phi) is 3.84. The van der Waals surface area contributed by atoms with E-state index in [0.29, 0.717) is 11.3 Å². The number of carbonyl (C=O) groups is 2. The fraction of sp³-hybridized carbons (Fsp3) is 0.143. The Labute approximate surface area is 114 Å². The summed E-state index contributed by atoms with van der Waals surface area (Å²) in [6.45, 7) is 1.37. The lowest BCUT2D eigenvalue weighted by molar-refractivity contribution is -0.125. The van der Waals surface area contributed by atoms with Crippen molar-refractivity contribution in [2.45, 2.75) is 13.0 Å². The fourth-order valence-corrected chi connectivity index (χ4v) is 1.49. The highest BCUT2D eigenvalue weighted by atomic mass is 19.1. The predicted octanol–water partition coefficient (Wildman–Crippen LogP) is 2.12. The predicted molar refractivity (Wildman–Crippen MR) is 68.2 cm³/mol. The maximum Gasteiger partial charge on any atom is 0.375 e. The molecule has 1 amide bonds. The maximum absolute atomic E-state index is 12.8. The minimum absolute atomic E-state index is 0.0579. The molecule has 104 valence electrons. The monoisotopic (exact) mass is 277 g/mol. The number of carbonyl (C=O) groups excluding carboxylic acids is 2. The van der Waals surface area contributed by atoms with Crippen molar-refractivity contribution in [3.05, 3.63) is 48.0 Å². The molecule has 0 saturated carbocycles. The van der Waals surface area contributed by atoms with Crippen LogP contribution in [-0.2, 0) is 9.53 Å². The largest absolute Gasteiger partial charge is 0.449 e. The lowest BCUT2D eigenvalue weighted by Crippen LogP contribution is -2.30. The van der Waals surface area contributed by atoms with Gasteiger partial charge in [-0.05, 0) is 43.3 Å².